The van der Waals surface area contributed by atoms with E-state index in [1.807, 2.05) is 24.3 Å². The lowest BCUT2D eigenvalue weighted by Gasteiger charge is -2.24. The van der Waals surface area contributed by atoms with E-state index in [1.165, 1.54) is 30.4 Å². The van der Waals surface area contributed by atoms with Gasteiger partial charge in [0, 0.05) is 11.4 Å². The first-order valence-electron chi connectivity index (χ1n) is 8.81. The molecule has 6 nitrogen and oxygen atoms in total. The maximum Gasteiger partial charge on any atom is 0.275 e. The summed E-state index contributed by atoms with van der Waals surface area (Å²) in [4.78, 5) is 12.7. The van der Waals surface area contributed by atoms with Gasteiger partial charge in [-0.2, -0.15) is 10.2 Å². The highest BCUT2D eigenvalue weighted by Gasteiger charge is 2.41. The predicted molar refractivity (Wildman–Crippen MR) is 97.0 cm³/mol. The lowest BCUT2D eigenvalue weighted by atomic mass is 9.95. The van der Waals surface area contributed by atoms with Gasteiger partial charge in [0.25, 0.3) is 5.56 Å². The van der Waals surface area contributed by atoms with Crippen molar-refractivity contribution in [2.45, 2.75) is 38.3 Å². The van der Waals surface area contributed by atoms with E-state index in [0.717, 1.165) is 17.1 Å². The van der Waals surface area contributed by atoms with Crippen molar-refractivity contribution in [2.24, 2.45) is 11.8 Å². The summed E-state index contributed by atoms with van der Waals surface area (Å²) >= 11 is 5.49. The van der Waals surface area contributed by atoms with Crippen LogP contribution in [0.15, 0.2) is 35.3 Å². The largest absolute Gasteiger partial charge is 0.299 e. The van der Waals surface area contributed by atoms with Gasteiger partial charge in [-0.3, -0.25) is 14.5 Å². The highest BCUT2D eigenvalue weighted by Crippen LogP contribution is 2.50. The second-order valence-corrected chi connectivity index (χ2v) is 7.64. The highest BCUT2D eigenvalue weighted by atomic mass is 32.1. The SMILES string of the molecule is O=c1c2ccccc2cnn1Cc1n[nH]c(=S)n1[C@H]1C[C@@H]2CC[C@H]1C2. The molecule has 3 aromatic rings. The predicted octanol–water partition coefficient (Wildman–Crippen LogP) is 3.06. The Hall–Kier alpha value is -2.28. The van der Waals surface area contributed by atoms with Crippen LogP contribution in [-0.2, 0) is 6.54 Å². The molecule has 3 atom stereocenters. The molecule has 5 rings (SSSR count). The van der Waals surface area contributed by atoms with Gasteiger partial charge in [0.2, 0.25) is 0 Å². The number of benzene rings is 1. The van der Waals surface area contributed by atoms with E-state index < -0.39 is 0 Å². The molecule has 0 radical (unpaired) electrons. The van der Waals surface area contributed by atoms with Gasteiger partial charge < -0.3 is 0 Å². The first-order chi connectivity index (χ1) is 12.2. The normalized spacial score (nSPS) is 25.0. The molecule has 1 aromatic carbocycles. The average molecular weight is 353 g/mol. The number of aromatic nitrogens is 5. The molecule has 0 saturated heterocycles. The molecular weight excluding hydrogens is 334 g/mol. The van der Waals surface area contributed by atoms with Crippen molar-refractivity contribution < 1.29 is 0 Å². The molecule has 1 N–H and O–H groups in total. The van der Waals surface area contributed by atoms with Crippen LogP contribution in [0.4, 0.5) is 0 Å². The number of rotatable bonds is 3. The Morgan fingerprint density at radius 2 is 2.12 bits per heavy atom. The number of hydrogen-bond donors (Lipinski definition) is 1. The van der Waals surface area contributed by atoms with Crippen LogP contribution in [0.2, 0.25) is 0 Å². The summed E-state index contributed by atoms with van der Waals surface area (Å²) in [5.41, 5.74) is -0.0912. The lowest BCUT2D eigenvalue weighted by Crippen LogP contribution is -2.26. The van der Waals surface area contributed by atoms with Crippen LogP contribution in [0, 0.1) is 16.6 Å². The Morgan fingerprint density at radius 3 is 2.92 bits per heavy atom. The van der Waals surface area contributed by atoms with Crippen LogP contribution in [0.3, 0.4) is 0 Å². The Balaban J connectivity index is 1.55. The van der Waals surface area contributed by atoms with E-state index in [1.54, 1.807) is 6.20 Å². The van der Waals surface area contributed by atoms with Crippen LogP contribution < -0.4 is 5.56 Å². The van der Waals surface area contributed by atoms with Crippen molar-refractivity contribution in [1.29, 1.82) is 0 Å². The van der Waals surface area contributed by atoms with Crippen LogP contribution in [-0.4, -0.2) is 24.5 Å². The number of H-pyrrole nitrogens is 1. The first kappa shape index (κ1) is 15.0. The maximum absolute atomic E-state index is 12.7. The Bertz CT molecular complexity index is 1070. The number of hydrogen-bond acceptors (Lipinski definition) is 4. The Labute approximate surface area is 149 Å². The number of fused-ring (bicyclic) bond motifs is 3. The summed E-state index contributed by atoms with van der Waals surface area (Å²) in [6, 6.07) is 7.94. The van der Waals surface area contributed by atoms with Gasteiger partial charge in [0.05, 0.1) is 11.6 Å². The fourth-order valence-electron chi connectivity index (χ4n) is 4.69. The second-order valence-electron chi connectivity index (χ2n) is 7.25. The zero-order chi connectivity index (χ0) is 17.0. The topological polar surface area (TPSA) is 68.5 Å². The first-order valence-corrected chi connectivity index (χ1v) is 9.22. The number of nitrogens with one attached hydrogen (secondary N) is 1. The van der Waals surface area contributed by atoms with Crippen molar-refractivity contribution >= 4 is 23.0 Å². The summed E-state index contributed by atoms with van der Waals surface area (Å²) < 4.78 is 4.28. The molecule has 0 unspecified atom stereocenters. The van der Waals surface area contributed by atoms with Crippen LogP contribution in [0.5, 0.6) is 0 Å². The van der Waals surface area contributed by atoms with Crippen molar-refractivity contribution in [3.63, 3.8) is 0 Å². The molecule has 2 fully saturated rings. The second kappa shape index (κ2) is 5.62. The molecule has 0 spiro atoms. The molecule has 2 saturated carbocycles. The van der Waals surface area contributed by atoms with Crippen molar-refractivity contribution in [3.8, 4) is 0 Å². The standard InChI is InChI=1S/C18H19N5OS/c24-17-14-4-2-1-3-13(14)9-19-22(17)10-16-20-21-18(25)23(16)15-8-11-5-6-12(15)7-11/h1-4,9,11-12,15H,5-8,10H2,(H,21,25)/t11-,12+,15+/m1/s1. The Kier molecular flexibility index (Phi) is 3.38. The van der Waals surface area contributed by atoms with Gasteiger partial charge in [-0.15, -0.1) is 0 Å². The van der Waals surface area contributed by atoms with Crippen molar-refractivity contribution in [2.75, 3.05) is 0 Å². The maximum atomic E-state index is 12.7. The van der Waals surface area contributed by atoms with E-state index in [9.17, 15) is 4.79 Å². The molecule has 2 aliphatic carbocycles. The molecule has 2 aliphatic rings. The molecule has 0 amide bonds. The zero-order valence-corrected chi connectivity index (χ0v) is 14.6. The summed E-state index contributed by atoms with van der Waals surface area (Å²) in [6.45, 7) is 0.338. The van der Waals surface area contributed by atoms with Crippen LogP contribution in [0.1, 0.15) is 37.5 Å². The monoisotopic (exact) mass is 353 g/mol. The minimum Gasteiger partial charge on any atom is -0.299 e. The highest BCUT2D eigenvalue weighted by molar-refractivity contribution is 7.71. The minimum atomic E-state index is -0.0912. The van der Waals surface area contributed by atoms with Gasteiger partial charge >= 0.3 is 0 Å². The van der Waals surface area contributed by atoms with E-state index in [0.29, 0.717) is 28.7 Å². The van der Waals surface area contributed by atoms with Gasteiger partial charge in [0.15, 0.2) is 10.6 Å². The van der Waals surface area contributed by atoms with E-state index in [2.05, 4.69) is 19.9 Å². The van der Waals surface area contributed by atoms with Crippen LogP contribution >= 0.6 is 12.2 Å². The third-order valence-electron chi connectivity index (χ3n) is 5.86. The minimum absolute atomic E-state index is 0.0912. The van der Waals surface area contributed by atoms with Gasteiger partial charge in [-0.1, -0.05) is 24.6 Å². The molecule has 7 heteroatoms. The molecule has 0 aliphatic heterocycles. The smallest absolute Gasteiger partial charge is 0.275 e. The number of aromatic amines is 1. The van der Waals surface area contributed by atoms with Gasteiger partial charge in [-0.05, 0) is 49.4 Å². The van der Waals surface area contributed by atoms with E-state index in [4.69, 9.17) is 12.2 Å². The number of nitrogens with zero attached hydrogens (tertiary/aromatic N) is 4. The van der Waals surface area contributed by atoms with Crippen molar-refractivity contribution in [1.82, 2.24) is 24.5 Å². The third-order valence-corrected chi connectivity index (χ3v) is 6.15. The molecular formula is C18H19N5OS. The summed E-state index contributed by atoms with van der Waals surface area (Å²) in [7, 11) is 0. The van der Waals surface area contributed by atoms with Gasteiger partial charge in [0.1, 0.15) is 6.54 Å². The third kappa shape index (κ3) is 2.37. The molecule has 25 heavy (non-hydrogen) atoms. The summed E-state index contributed by atoms with van der Waals surface area (Å²) in [6.07, 6.45) is 6.82. The summed E-state index contributed by atoms with van der Waals surface area (Å²) in [5.74, 6) is 2.31. The van der Waals surface area contributed by atoms with Crippen LogP contribution in [0.25, 0.3) is 10.8 Å². The quantitative estimate of drug-likeness (QED) is 0.735. The lowest BCUT2D eigenvalue weighted by molar-refractivity contribution is 0.317. The zero-order valence-electron chi connectivity index (χ0n) is 13.8. The molecule has 128 valence electrons. The van der Waals surface area contributed by atoms with Crippen molar-refractivity contribution in [3.05, 3.63) is 51.4 Å². The van der Waals surface area contributed by atoms with Gasteiger partial charge in [-0.25, -0.2) is 4.68 Å². The molecule has 2 heterocycles. The summed E-state index contributed by atoms with van der Waals surface area (Å²) in [5, 5.41) is 13.2. The fourth-order valence-corrected chi connectivity index (χ4v) is 4.98. The molecule has 2 bridgehead atoms. The fraction of sp³-hybridized carbons (Fsp3) is 0.444. The average Bonchev–Trinajstić information content (AvgIpc) is 3.33. The van der Waals surface area contributed by atoms with E-state index >= 15 is 0 Å². The molecule has 2 aromatic heterocycles. The van der Waals surface area contributed by atoms with E-state index in [-0.39, 0.29) is 5.56 Å². The Morgan fingerprint density at radius 1 is 1.24 bits per heavy atom.